The lowest BCUT2D eigenvalue weighted by molar-refractivity contribution is 0.234. The van der Waals surface area contributed by atoms with E-state index in [2.05, 4.69) is 50.1 Å². The maximum absolute atomic E-state index is 5.57. The van der Waals surface area contributed by atoms with Crippen LogP contribution < -0.4 is 10.1 Å². The molecule has 18 heavy (non-hydrogen) atoms. The molecular formula is C14H25N3O. The fourth-order valence-corrected chi connectivity index (χ4v) is 1.29. The van der Waals surface area contributed by atoms with E-state index in [1.54, 1.807) is 0 Å². The Labute approximate surface area is 110 Å². The third-order valence-corrected chi connectivity index (χ3v) is 2.49. The van der Waals surface area contributed by atoms with E-state index in [9.17, 15) is 0 Å². The average Bonchev–Trinajstić information content (AvgIpc) is 2.26. The largest absolute Gasteiger partial charge is 0.477 e. The van der Waals surface area contributed by atoms with E-state index in [4.69, 9.17) is 4.74 Å². The zero-order chi connectivity index (χ0) is 13.6. The predicted molar refractivity (Wildman–Crippen MR) is 73.6 cm³/mol. The van der Waals surface area contributed by atoms with Gasteiger partial charge in [0.2, 0.25) is 5.88 Å². The summed E-state index contributed by atoms with van der Waals surface area (Å²) >= 11 is 0. The number of ether oxygens (including phenoxy) is 1. The number of hydrogen-bond donors (Lipinski definition) is 1. The lowest BCUT2D eigenvalue weighted by Crippen LogP contribution is -2.22. The minimum Gasteiger partial charge on any atom is -0.477 e. The molecule has 0 saturated carbocycles. The molecule has 0 aromatic carbocycles. The van der Waals surface area contributed by atoms with Gasteiger partial charge in [0.15, 0.2) is 0 Å². The Morgan fingerprint density at radius 3 is 2.44 bits per heavy atom. The van der Waals surface area contributed by atoms with Gasteiger partial charge in [0.1, 0.15) is 0 Å². The number of aromatic nitrogens is 2. The minimum absolute atomic E-state index is 0.286. The maximum atomic E-state index is 5.57. The van der Waals surface area contributed by atoms with Crippen LogP contribution in [0.5, 0.6) is 5.88 Å². The molecule has 0 atom stereocenters. The van der Waals surface area contributed by atoms with Gasteiger partial charge in [-0.25, -0.2) is 0 Å². The number of nitrogens with zero attached hydrogens (tertiary/aromatic N) is 2. The van der Waals surface area contributed by atoms with Gasteiger partial charge in [-0.1, -0.05) is 34.6 Å². The zero-order valence-electron chi connectivity index (χ0n) is 12.2. The van der Waals surface area contributed by atoms with Gasteiger partial charge in [-0.3, -0.25) is 0 Å². The molecule has 4 heteroatoms. The van der Waals surface area contributed by atoms with Crippen molar-refractivity contribution >= 4 is 0 Å². The molecule has 0 aliphatic heterocycles. The van der Waals surface area contributed by atoms with Gasteiger partial charge in [-0.05, 0) is 17.9 Å². The molecule has 0 bridgehead atoms. The van der Waals surface area contributed by atoms with Crippen molar-refractivity contribution in [2.45, 2.75) is 53.6 Å². The third-order valence-electron chi connectivity index (χ3n) is 2.49. The van der Waals surface area contributed by atoms with Crippen LogP contribution >= 0.6 is 0 Å². The monoisotopic (exact) mass is 251 g/mol. The molecule has 1 N–H and O–H groups in total. The summed E-state index contributed by atoms with van der Waals surface area (Å²) in [5.41, 5.74) is 1.22. The normalized spacial score (nSPS) is 11.9. The molecular weight excluding hydrogens is 226 g/mol. The summed E-state index contributed by atoms with van der Waals surface area (Å²) in [6.07, 6.45) is 1.01. The van der Waals surface area contributed by atoms with Crippen LogP contribution in [0.15, 0.2) is 12.1 Å². The van der Waals surface area contributed by atoms with Crippen molar-refractivity contribution in [1.29, 1.82) is 0 Å². The molecule has 0 unspecified atom stereocenters. The van der Waals surface area contributed by atoms with Crippen molar-refractivity contribution in [3.63, 3.8) is 0 Å². The molecule has 1 aromatic rings. The Kier molecular flexibility index (Phi) is 5.54. The van der Waals surface area contributed by atoms with Crippen LogP contribution in [0.2, 0.25) is 0 Å². The first-order chi connectivity index (χ1) is 8.37. The Morgan fingerprint density at radius 2 is 1.94 bits per heavy atom. The van der Waals surface area contributed by atoms with Crippen molar-refractivity contribution in [3.05, 3.63) is 17.8 Å². The van der Waals surface area contributed by atoms with Gasteiger partial charge in [0.05, 0.1) is 12.3 Å². The van der Waals surface area contributed by atoms with E-state index in [1.807, 2.05) is 12.1 Å². The second-order valence-corrected chi connectivity index (χ2v) is 6.06. The summed E-state index contributed by atoms with van der Waals surface area (Å²) in [6.45, 7) is 12.2. The number of nitrogens with one attached hydrogen (secondary N) is 1. The van der Waals surface area contributed by atoms with Crippen LogP contribution in [0.4, 0.5) is 0 Å². The lowest BCUT2D eigenvalue weighted by Gasteiger charge is -2.17. The van der Waals surface area contributed by atoms with Crippen molar-refractivity contribution in [2.75, 3.05) is 6.61 Å². The molecule has 1 aromatic heterocycles. The standard InChI is InChI=1S/C14H25N3O/c1-11(2)15-10-12-6-7-13(17-16-12)18-9-8-14(3,4)5/h6-7,11,15H,8-10H2,1-5H3. The molecule has 0 aliphatic carbocycles. The minimum atomic E-state index is 0.286. The highest BCUT2D eigenvalue weighted by molar-refractivity contribution is 5.11. The van der Waals surface area contributed by atoms with Gasteiger partial charge in [-0.15, -0.1) is 5.10 Å². The highest BCUT2D eigenvalue weighted by atomic mass is 16.5. The summed E-state index contributed by atoms with van der Waals surface area (Å²) in [7, 11) is 0. The van der Waals surface area contributed by atoms with Crippen LogP contribution in [-0.2, 0) is 6.54 Å². The molecule has 0 amide bonds. The van der Waals surface area contributed by atoms with Crippen LogP contribution in [0.25, 0.3) is 0 Å². The van der Waals surface area contributed by atoms with Gasteiger partial charge in [0, 0.05) is 18.7 Å². The SMILES string of the molecule is CC(C)NCc1ccc(OCCC(C)(C)C)nn1. The van der Waals surface area contributed by atoms with Gasteiger partial charge in [0.25, 0.3) is 0 Å². The number of hydrogen-bond acceptors (Lipinski definition) is 4. The quantitative estimate of drug-likeness (QED) is 0.844. The van der Waals surface area contributed by atoms with Crippen molar-refractivity contribution in [3.8, 4) is 5.88 Å². The second-order valence-electron chi connectivity index (χ2n) is 6.06. The van der Waals surface area contributed by atoms with E-state index in [-0.39, 0.29) is 5.41 Å². The van der Waals surface area contributed by atoms with E-state index in [0.29, 0.717) is 18.5 Å². The van der Waals surface area contributed by atoms with Crippen molar-refractivity contribution in [2.24, 2.45) is 5.41 Å². The summed E-state index contributed by atoms with van der Waals surface area (Å²) in [6, 6.07) is 4.29. The van der Waals surface area contributed by atoms with E-state index in [1.165, 1.54) is 0 Å². The van der Waals surface area contributed by atoms with Gasteiger partial charge >= 0.3 is 0 Å². The molecule has 0 radical (unpaired) electrons. The summed E-state index contributed by atoms with van der Waals surface area (Å²) in [5, 5.41) is 11.5. The smallest absolute Gasteiger partial charge is 0.233 e. The Hall–Kier alpha value is -1.16. The highest BCUT2D eigenvalue weighted by Gasteiger charge is 2.10. The van der Waals surface area contributed by atoms with E-state index in [0.717, 1.165) is 18.7 Å². The van der Waals surface area contributed by atoms with Gasteiger partial charge in [-0.2, -0.15) is 5.10 Å². The van der Waals surface area contributed by atoms with Crippen molar-refractivity contribution in [1.82, 2.24) is 15.5 Å². The summed E-state index contributed by atoms with van der Waals surface area (Å²) < 4.78 is 5.57. The van der Waals surface area contributed by atoms with E-state index >= 15 is 0 Å². The van der Waals surface area contributed by atoms with Crippen LogP contribution in [0.3, 0.4) is 0 Å². The summed E-state index contributed by atoms with van der Waals surface area (Å²) in [4.78, 5) is 0. The Balaban J connectivity index is 2.36. The molecule has 4 nitrogen and oxygen atoms in total. The first-order valence-electron chi connectivity index (χ1n) is 6.55. The number of rotatable bonds is 6. The average molecular weight is 251 g/mol. The van der Waals surface area contributed by atoms with Crippen LogP contribution in [0.1, 0.15) is 46.7 Å². The van der Waals surface area contributed by atoms with E-state index < -0.39 is 0 Å². The molecule has 0 saturated heterocycles. The summed E-state index contributed by atoms with van der Waals surface area (Å²) in [5.74, 6) is 0.604. The topological polar surface area (TPSA) is 47.0 Å². The molecule has 0 fully saturated rings. The predicted octanol–water partition coefficient (Wildman–Crippen LogP) is 2.79. The second kappa shape index (κ2) is 6.69. The molecule has 0 aliphatic rings. The first-order valence-corrected chi connectivity index (χ1v) is 6.55. The fourth-order valence-electron chi connectivity index (χ4n) is 1.29. The van der Waals surface area contributed by atoms with Crippen LogP contribution in [-0.4, -0.2) is 22.8 Å². The Bertz CT molecular complexity index is 341. The van der Waals surface area contributed by atoms with Gasteiger partial charge < -0.3 is 10.1 Å². The maximum Gasteiger partial charge on any atom is 0.233 e. The molecule has 102 valence electrons. The molecule has 1 rings (SSSR count). The first kappa shape index (κ1) is 14.9. The molecule has 1 heterocycles. The lowest BCUT2D eigenvalue weighted by atomic mass is 9.93. The zero-order valence-corrected chi connectivity index (χ0v) is 12.2. The Morgan fingerprint density at radius 1 is 1.22 bits per heavy atom. The fraction of sp³-hybridized carbons (Fsp3) is 0.714. The van der Waals surface area contributed by atoms with Crippen LogP contribution in [0, 0.1) is 5.41 Å². The third kappa shape index (κ3) is 6.55. The van der Waals surface area contributed by atoms with Crippen molar-refractivity contribution < 1.29 is 4.74 Å². The molecule has 0 spiro atoms. The highest BCUT2D eigenvalue weighted by Crippen LogP contribution is 2.18.